The van der Waals surface area contributed by atoms with E-state index in [-0.39, 0.29) is 10.8 Å². The van der Waals surface area contributed by atoms with Gasteiger partial charge in [0.1, 0.15) is 10.8 Å². The summed E-state index contributed by atoms with van der Waals surface area (Å²) in [6.45, 7) is 0. The van der Waals surface area contributed by atoms with Crippen molar-refractivity contribution in [2.75, 3.05) is 5.43 Å². The molecule has 0 aliphatic heterocycles. The van der Waals surface area contributed by atoms with E-state index in [0.717, 1.165) is 11.8 Å². The van der Waals surface area contributed by atoms with E-state index < -0.39 is 12.0 Å². The Labute approximate surface area is 121 Å². The van der Waals surface area contributed by atoms with Crippen LogP contribution < -0.4 is 11.3 Å². The molecule has 0 saturated heterocycles. The summed E-state index contributed by atoms with van der Waals surface area (Å²) in [5, 5.41) is 0.514. The lowest BCUT2D eigenvalue weighted by atomic mass is 10.4. The standard InChI is InChI=1S/C11H8ClF3N4S/c12-6-3-1-2-4-7(6)20-9-5-8(19-16)17-10(18-9)11(13,14)15/h1-5H,16H2,(H,17,18,19). The van der Waals surface area contributed by atoms with Gasteiger partial charge in [-0.2, -0.15) is 13.2 Å². The van der Waals surface area contributed by atoms with Gasteiger partial charge in [-0.3, -0.25) is 0 Å². The van der Waals surface area contributed by atoms with E-state index in [4.69, 9.17) is 17.4 Å². The molecule has 0 aliphatic carbocycles. The molecule has 106 valence electrons. The number of nitrogens with two attached hydrogens (primary N) is 1. The molecule has 4 nitrogen and oxygen atoms in total. The van der Waals surface area contributed by atoms with Crippen molar-refractivity contribution >= 4 is 29.2 Å². The van der Waals surface area contributed by atoms with Gasteiger partial charge in [0.2, 0.25) is 5.82 Å². The molecule has 20 heavy (non-hydrogen) atoms. The van der Waals surface area contributed by atoms with Crippen LogP contribution in [0, 0.1) is 0 Å². The number of nitrogens with zero attached hydrogens (tertiary/aromatic N) is 2. The molecule has 0 bridgehead atoms. The normalized spacial score (nSPS) is 11.4. The van der Waals surface area contributed by atoms with Gasteiger partial charge in [-0.1, -0.05) is 35.5 Å². The lowest BCUT2D eigenvalue weighted by Gasteiger charge is -2.10. The highest BCUT2D eigenvalue weighted by molar-refractivity contribution is 7.99. The third-order valence-electron chi connectivity index (χ3n) is 2.16. The summed E-state index contributed by atoms with van der Waals surface area (Å²) in [6, 6.07) is 8.07. The lowest BCUT2D eigenvalue weighted by Crippen LogP contribution is -2.16. The van der Waals surface area contributed by atoms with E-state index >= 15 is 0 Å². The minimum Gasteiger partial charge on any atom is -0.308 e. The number of nitrogens with one attached hydrogen (secondary N) is 1. The SMILES string of the molecule is NNc1cc(Sc2ccccc2Cl)nc(C(F)(F)F)n1. The first-order chi connectivity index (χ1) is 9.40. The molecule has 1 aromatic heterocycles. The molecule has 1 heterocycles. The Morgan fingerprint density at radius 1 is 1.20 bits per heavy atom. The van der Waals surface area contributed by atoms with Crippen molar-refractivity contribution in [3.63, 3.8) is 0 Å². The number of rotatable bonds is 3. The van der Waals surface area contributed by atoms with Crippen molar-refractivity contribution in [1.29, 1.82) is 0 Å². The van der Waals surface area contributed by atoms with E-state index in [9.17, 15) is 13.2 Å². The van der Waals surface area contributed by atoms with Crippen molar-refractivity contribution in [2.24, 2.45) is 5.84 Å². The quantitative estimate of drug-likeness (QED) is 0.514. The first-order valence-corrected chi connectivity index (χ1v) is 6.45. The molecule has 0 saturated carbocycles. The van der Waals surface area contributed by atoms with Gasteiger partial charge >= 0.3 is 6.18 Å². The molecule has 0 fully saturated rings. The minimum atomic E-state index is -4.65. The maximum Gasteiger partial charge on any atom is 0.451 e. The van der Waals surface area contributed by atoms with Crippen LogP contribution in [0.4, 0.5) is 19.0 Å². The molecule has 0 radical (unpaired) electrons. The number of aromatic nitrogens is 2. The predicted octanol–water partition coefficient (Wildman–Crippen LogP) is 3.59. The molecule has 9 heteroatoms. The first kappa shape index (κ1) is 14.9. The topological polar surface area (TPSA) is 63.8 Å². The number of alkyl halides is 3. The van der Waals surface area contributed by atoms with Gasteiger partial charge < -0.3 is 5.43 Å². The second-order valence-electron chi connectivity index (χ2n) is 3.59. The molecule has 2 aromatic rings. The Bertz CT molecular complexity index is 621. The Hall–Kier alpha value is -1.51. The monoisotopic (exact) mass is 320 g/mol. The molecular weight excluding hydrogens is 313 g/mol. The fourth-order valence-corrected chi connectivity index (χ4v) is 2.41. The van der Waals surface area contributed by atoms with Crippen LogP contribution in [0.5, 0.6) is 0 Å². The third-order valence-corrected chi connectivity index (χ3v) is 3.59. The maximum atomic E-state index is 12.7. The summed E-state index contributed by atoms with van der Waals surface area (Å²) in [5.74, 6) is 3.73. The van der Waals surface area contributed by atoms with Gasteiger partial charge in [0.25, 0.3) is 0 Å². The van der Waals surface area contributed by atoms with Crippen LogP contribution in [-0.4, -0.2) is 9.97 Å². The number of nitrogen functional groups attached to an aromatic ring is 1. The van der Waals surface area contributed by atoms with Gasteiger partial charge in [0.15, 0.2) is 0 Å². The van der Waals surface area contributed by atoms with Crippen molar-refractivity contribution in [2.45, 2.75) is 16.1 Å². The Balaban J connectivity index is 2.39. The predicted molar refractivity (Wildman–Crippen MR) is 70.4 cm³/mol. The summed E-state index contributed by atoms with van der Waals surface area (Å²) in [4.78, 5) is 7.32. The highest BCUT2D eigenvalue weighted by Gasteiger charge is 2.35. The summed E-state index contributed by atoms with van der Waals surface area (Å²) in [5.41, 5.74) is 2.08. The number of hydrogen-bond acceptors (Lipinski definition) is 5. The van der Waals surface area contributed by atoms with E-state index in [1.165, 1.54) is 6.07 Å². The first-order valence-electron chi connectivity index (χ1n) is 5.25. The molecule has 0 spiro atoms. The molecule has 0 unspecified atom stereocenters. The second kappa shape index (κ2) is 5.86. The van der Waals surface area contributed by atoms with Gasteiger partial charge in [0.05, 0.1) is 5.02 Å². The average Bonchev–Trinajstić information content (AvgIpc) is 2.40. The van der Waals surface area contributed by atoms with E-state index in [1.54, 1.807) is 24.3 Å². The lowest BCUT2D eigenvalue weighted by molar-refractivity contribution is -0.145. The molecule has 1 aromatic carbocycles. The van der Waals surface area contributed by atoms with Crippen molar-refractivity contribution in [3.05, 3.63) is 41.2 Å². The van der Waals surface area contributed by atoms with Gasteiger partial charge in [-0.15, -0.1) is 0 Å². The van der Waals surface area contributed by atoms with Crippen LogP contribution in [0.1, 0.15) is 5.82 Å². The van der Waals surface area contributed by atoms with Crippen LogP contribution in [0.3, 0.4) is 0 Å². The van der Waals surface area contributed by atoms with Crippen LogP contribution in [0.25, 0.3) is 0 Å². The van der Waals surface area contributed by atoms with Crippen molar-refractivity contribution < 1.29 is 13.2 Å². The molecule has 0 amide bonds. The minimum absolute atomic E-state index is 0.0911. The summed E-state index contributed by atoms with van der Waals surface area (Å²) in [6.07, 6.45) is -4.65. The smallest absolute Gasteiger partial charge is 0.308 e. The van der Waals surface area contributed by atoms with Crippen LogP contribution in [0.2, 0.25) is 5.02 Å². The fourth-order valence-electron chi connectivity index (χ4n) is 1.32. The highest BCUT2D eigenvalue weighted by Crippen LogP contribution is 2.35. The summed E-state index contributed by atoms with van der Waals surface area (Å²) in [7, 11) is 0. The maximum absolute atomic E-state index is 12.7. The number of halogens is 4. The number of benzene rings is 1. The zero-order valence-electron chi connectivity index (χ0n) is 9.78. The number of anilines is 1. The van der Waals surface area contributed by atoms with Crippen LogP contribution >= 0.6 is 23.4 Å². The van der Waals surface area contributed by atoms with Crippen LogP contribution in [0.15, 0.2) is 40.3 Å². The molecule has 2 rings (SSSR count). The summed E-state index contributed by atoms with van der Waals surface area (Å²) >= 11 is 6.95. The van der Waals surface area contributed by atoms with E-state index in [0.29, 0.717) is 9.92 Å². The third kappa shape index (κ3) is 3.53. The highest BCUT2D eigenvalue weighted by atomic mass is 35.5. The summed E-state index contributed by atoms with van der Waals surface area (Å²) < 4.78 is 38.0. The average molecular weight is 321 g/mol. The Morgan fingerprint density at radius 2 is 1.90 bits per heavy atom. The Morgan fingerprint density at radius 3 is 2.50 bits per heavy atom. The molecular formula is C11H8ClF3N4S. The van der Waals surface area contributed by atoms with Gasteiger partial charge in [0, 0.05) is 11.0 Å². The zero-order chi connectivity index (χ0) is 14.8. The molecule has 3 N–H and O–H groups in total. The molecule has 0 aliphatic rings. The van der Waals surface area contributed by atoms with Crippen molar-refractivity contribution in [3.8, 4) is 0 Å². The van der Waals surface area contributed by atoms with E-state index in [1.807, 2.05) is 0 Å². The number of hydrazine groups is 1. The fraction of sp³-hybridized carbons (Fsp3) is 0.0909. The number of hydrogen-bond donors (Lipinski definition) is 2. The van der Waals surface area contributed by atoms with Gasteiger partial charge in [-0.05, 0) is 12.1 Å². The van der Waals surface area contributed by atoms with Crippen molar-refractivity contribution in [1.82, 2.24) is 9.97 Å². The van der Waals surface area contributed by atoms with Crippen LogP contribution in [-0.2, 0) is 6.18 Å². The largest absolute Gasteiger partial charge is 0.451 e. The zero-order valence-corrected chi connectivity index (χ0v) is 11.4. The second-order valence-corrected chi connectivity index (χ2v) is 5.06. The molecule has 0 atom stereocenters. The van der Waals surface area contributed by atoms with E-state index in [2.05, 4.69) is 15.4 Å². The Kier molecular flexibility index (Phi) is 4.36. The van der Waals surface area contributed by atoms with Gasteiger partial charge in [-0.25, -0.2) is 15.8 Å².